The van der Waals surface area contributed by atoms with E-state index < -0.39 is 0 Å². The molecule has 3 nitrogen and oxygen atoms in total. The number of nitrogens with two attached hydrogens (primary N) is 1. The second kappa shape index (κ2) is 7.21. The van der Waals surface area contributed by atoms with Crippen molar-refractivity contribution in [1.29, 1.82) is 0 Å². The summed E-state index contributed by atoms with van der Waals surface area (Å²) in [6, 6.07) is 0.335. The van der Waals surface area contributed by atoms with E-state index in [2.05, 4.69) is 43.8 Å². The standard InChI is InChI=1S/C15H27N3S.ClH/c1-11(2)7-14-17-8-12(19-14)9-18-6-5-13(16)15(3,4)10-18;/h8,11,13H,5-7,9-10,16H2,1-4H3;1H. The molecule has 2 rings (SSSR count). The predicted molar refractivity (Wildman–Crippen MR) is 89.6 cm³/mol. The number of hydrogen-bond acceptors (Lipinski definition) is 4. The summed E-state index contributed by atoms with van der Waals surface area (Å²) in [6.07, 6.45) is 4.26. The van der Waals surface area contributed by atoms with Crippen molar-refractivity contribution in [3.8, 4) is 0 Å². The summed E-state index contributed by atoms with van der Waals surface area (Å²) >= 11 is 1.87. The number of nitrogens with zero attached hydrogens (tertiary/aromatic N) is 2. The SMILES string of the molecule is CC(C)Cc1ncc(CN2CCC(N)C(C)(C)C2)s1.Cl. The van der Waals surface area contributed by atoms with Crippen LogP contribution in [-0.2, 0) is 13.0 Å². The number of rotatable bonds is 4. The van der Waals surface area contributed by atoms with Crippen LogP contribution in [0.15, 0.2) is 6.20 Å². The molecule has 1 aliphatic heterocycles. The van der Waals surface area contributed by atoms with Crippen molar-refractivity contribution in [3.63, 3.8) is 0 Å². The Morgan fingerprint density at radius 3 is 2.80 bits per heavy atom. The first-order valence-corrected chi connectivity index (χ1v) is 8.10. The summed E-state index contributed by atoms with van der Waals surface area (Å²) < 4.78 is 0. The van der Waals surface area contributed by atoms with Gasteiger partial charge >= 0.3 is 0 Å². The molecule has 2 N–H and O–H groups in total. The molecule has 0 spiro atoms. The van der Waals surface area contributed by atoms with Crippen molar-refractivity contribution in [2.75, 3.05) is 13.1 Å². The molecule has 0 aromatic carbocycles. The highest BCUT2D eigenvalue weighted by atomic mass is 35.5. The van der Waals surface area contributed by atoms with E-state index in [4.69, 9.17) is 5.73 Å². The van der Waals surface area contributed by atoms with Crippen LogP contribution in [0.5, 0.6) is 0 Å². The third kappa shape index (κ3) is 4.69. The molecule has 1 unspecified atom stereocenters. The fourth-order valence-electron chi connectivity index (χ4n) is 2.71. The van der Waals surface area contributed by atoms with E-state index in [0.29, 0.717) is 12.0 Å². The molecule has 116 valence electrons. The Kier molecular flexibility index (Phi) is 6.45. The molecule has 1 saturated heterocycles. The van der Waals surface area contributed by atoms with E-state index in [0.717, 1.165) is 32.5 Å². The van der Waals surface area contributed by atoms with E-state index in [1.807, 2.05) is 11.3 Å². The summed E-state index contributed by atoms with van der Waals surface area (Å²) in [7, 11) is 0. The Morgan fingerprint density at radius 2 is 2.20 bits per heavy atom. The highest BCUT2D eigenvalue weighted by Gasteiger charge is 2.33. The van der Waals surface area contributed by atoms with E-state index in [1.54, 1.807) is 0 Å². The summed E-state index contributed by atoms with van der Waals surface area (Å²) in [5.41, 5.74) is 6.42. The lowest BCUT2D eigenvalue weighted by Crippen LogP contribution is -2.51. The molecule has 1 atom stereocenters. The lowest BCUT2D eigenvalue weighted by atomic mass is 9.80. The van der Waals surface area contributed by atoms with Crippen LogP contribution in [0, 0.1) is 11.3 Å². The maximum atomic E-state index is 6.19. The second-order valence-corrected chi connectivity index (χ2v) is 8.11. The van der Waals surface area contributed by atoms with E-state index in [-0.39, 0.29) is 17.8 Å². The Labute approximate surface area is 133 Å². The van der Waals surface area contributed by atoms with Crippen LogP contribution in [0.3, 0.4) is 0 Å². The van der Waals surface area contributed by atoms with Gasteiger partial charge in [-0.05, 0) is 17.8 Å². The molecule has 0 amide bonds. The molecule has 1 aromatic rings. The van der Waals surface area contributed by atoms with Gasteiger partial charge in [0.1, 0.15) is 0 Å². The predicted octanol–water partition coefficient (Wildman–Crippen LogP) is 3.32. The number of halogens is 1. The van der Waals surface area contributed by atoms with Crippen molar-refractivity contribution in [2.24, 2.45) is 17.1 Å². The van der Waals surface area contributed by atoms with E-state index in [9.17, 15) is 0 Å². The lowest BCUT2D eigenvalue weighted by molar-refractivity contribution is 0.0906. The monoisotopic (exact) mass is 317 g/mol. The van der Waals surface area contributed by atoms with Crippen LogP contribution in [0.1, 0.15) is 44.0 Å². The van der Waals surface area contributed by atoms with Crippen molar-refractivity contribution in [3.05, 3.63) is 16.1 Å². The van der Waals surface area contributed by atoms with E-state index >= 15 is 0 Å². The maximum Gasteiger partial charge on any atom is 0.0930 e. The molecule has 0 aliphatic carbocycles. The van der Waals surface area contributed by atoms with Crippen molar-refractivity contribution < 1.29 is 0 Å². The van der Waals surface area contributed by atoms with Gasteiger partial charge in [0.15, 0.2) is 0 Å². The number of hydrogen-bond donors (Lipinski definition) is 1. The average Bonchev–Trinajstić information content (AvgIpc) is 2.69. The third-order valence-corrected chi connectivity index (χ3v) is 4.96. The number of likely N-dealkylation sites (tertiary alicyclic amines) is 1. The first kappa shape index (κ1) is 17.9. The van der Waals surface area contributed by atoms with Crippen LogP contribution >= 0.6 is 23.7 Å². The van der Waals surface area contributed by atoms with Gasteiger partial charge in [0, 0.05) is 43.2 Å². The zero-order chi connectivity index (χ0) is 14.0. The van der Waals surface area contributed by atoms with Crippen LogP contribution < -0.4 is 5.73 Å². The van der Waals surface area contributed by atoms with Crippen molar-refractivity contribution in [2.45, 2.75) is 53.1 Å². The van der Waals surface area contributed by atoms with Gasteiger partial charge in [0.05, 0.1) is 5.01 Å². The van der Waals surface area contributed by atoms with Gasteiger partial charge in [-0.3, -0.25) is 4.90 Å². The molecular formula is C15H28ClN3S. The smallest absolute Gasteiger partial charge is 0.0930 e. The maximum absolute atomic E-state index is 6.19. The molecule has 1 aliphatic rings. The third-order valence-electron chi connectivity index (χ3n) is 3.95. The van der Waals surface area contributed by atoms with Crippen LogP contribution in [0.25, 0.3) is 0 Å². The molecule has 1 aromatic heterocycles. The number of piperidine rings is 1. The zero-order valence-electron chi connectivity index (χ0n) is 13.1. The van der Waals surface area contributed by atoms with Gasteiger partial charge in [-0.2, -0.15) is 0 Å². The van der Waals surface area contributed by atoms with Crippen LogP contribution in [0.4, 0.5) is 0 Å². The average molecular weight is 318 g/mol. The van der Waals surface area contributed by atoms with Gasteiger partial charge in [0.25, 0.3) is 0 Å². The van der Waals surface area contributed by atoms with Gasteiger partial charge in [-0.1, -0.05) is 27.7 Å². The highest BCUT2D eigenvalue weighted by molar-refractivity contribution is 7.11. The Bertz CT molecular complexity index is 417. The van der Waals surface area contributed by atoms with Crippen molar-refractivity contribution in [1.82, 2.24) is 9.88 Å². The second-order valence-electron chi connectivity index (χ2n) is 6.91. The summed E-state index contributed by atoms with van der Waals surface area (Å²) in [5, 5.41) is 1.28. The highest BCUT2D eigenvalue weighted by Crippen LogP contribution is 2.29. The van der Waals surface area contributed by atoms with Crippen molar-refractivity contribution >= 4 is 23.7 Å². The molecule has 0 bridgehead atoms. The lowest BCUT2D eigenvalue weighted by Gasteiger charge is -2.42. The summed E-state index contributed by atoms with van der Waals surface area (Å²) in [5.74, 6) is 0.686. The Balaban J connectivity index is 0.00000200. The van der Waals surface area contributed by atoms with E-state index in [1.165, 1.54) is 9.88 Å². The molecular weight excluding hydrogens is 290 g/mol. The molecule has 1 fully saturated rings. The van der Waals surface area contributed by atoms with Crippen LogP contribution in [0.2, 0.25) is 0 Å². The number of aromatic nitrogens is 1. The Morgan fingerprint density at radius 1 is 1.50 bits per heavy atom. The zero-order valence-corrected chi connectivity index (χ0v) is 14.7. The van der Waals surface area contributed by atoms with Gasteiger partial charge in [0.2, 0.25) is 0 Å². The quantitative estimate of drug-likeness (QED) is 0.926. The first-order chi connectivity index (χ1) is 8.87. The fraction of sp³-hybridized carbons (Fsp3) is 0.800. The minimum absolute atomic E-state index is 0. The normalized spacial score (nSPS) is 22.8. The number of thiazole rings is 1. The molecule has 5 heteroatoms. The first-order valence-electron chi connectivity index (χ1n) is 7.28. The molecule has 2 heterocycles. The van der Waals surface area contributed by atoms with Gasteiger partial charge in [-0.15, -0.1) is 23.7 Å². The molecule has 0 saturated carbocycles. The van der Waals surface area contributed by atoms with Gasteiger partial charge in [-0.25, -0.2) is 4.98 Å². The minimum atomic E-state index is 0. The minimum Gasteiger partial charge on any atom is -0.327 e. The Hall–Kier alpha value is -0.160. The topological polar surface area (TPSA) is 42.2 Å². The largest absolute Gasteiger partial charge is 0.327 e. The molecule has 0 radical (unpaired) electrons. The summed E-state index contributed by atoms with van der Waals surface area (Å²) in [6.45, 7) is 12.3. The fourth-order valence-corrected chi connectivity index (χ4v) is 3.88. The van der Waals surface area contributed by atoms with Crippen LogP contribution in [-0.4, -0.2) is 29.0 Å². The summed E-state index contributed by atoms with van der Waals surface area (Å²) in [4.78, 5) is 8.45. The van der Waals surface area contributed by atoms with Gasteiger partial charge < -0.3 is 5.73 Å². The molecule has 20 heavy (non-hydrogen) atoms.